The first kappa shape index (κ1) is 9.41. The number of carbonyl (C=O) groups excluding carboxylic acids is 1. The van der Waals surface area contributed by atoms with Gasteiger partial charge in [0.2, 0.25) is 0 Å². The third-order valence-electron chi connectivity index (χ3n) is 1.39. The molecular weight excluding hydrogens is 124 g/mol. The molecule has 0 saturated heterocycles. The Morgan fingerprint density at radius 2 is 2.10 bits per heavy atom. The Hall–Kier alpha value is -0.590. The van der Waals surface area contributed by atoms with Crippen molar-refractivity contribution in [2.75, 3.05) is 0 Å². The highest BCUT2D eigenvalue weighted by Crippen LogP contribution is 2.01. The van der Waals surface area contributed by atoms with Crippen LogP contribution in [0.1, 0.15) is 39.0 Å². The lowest BCUT2D eigenvalue weighted by Crippen LogP contribution is -1.73. The summed E-state index contributed by atoms with van der Waals surface area (Å²) in [6, 6.07) is 0. The lowest BCUT2D eigenvalue weighted by Gasteiger charge is -1.92. The first-order chi connectivity index (χ1) is 4.91. The molecule has 0 fully saturated rings. The fourth-order valence-electron chi connectivity index (χ4n) is 0.805. The monoisotopic (exact) mass is 139 g/mol. The molecule has 1 radical (unpaired) electrons. The van der Waals surface area contributed by atoms with Crippen molar-refractivity contribution in [3.8, 4) is 0 Å². The SMILES string of the molecule is CCCCCC/C=[C]\C=O. The summed E-state index contributed by atoms with van der Waals surface area (Å²) in [5, 5.41) is 0. The van der Waals surface area contributed by atoms with Gasteiger partial charge < -0.3 is 0 Å². The molecule has 0 heterocycles. The van der Waals surface area contributed by atoms with E-state index in [0.29, 0.717) is 6.29 Å². The van der Waals surface area contributed by atoms with Gasteiger partial charge in [-0.15, -0.1) is 0 Å². The van der Waals surface area contributed by atoms with Crippen molar-refractivity contribution < 1.29 is 4.79 Å². The van der Waals surface area contributed by atoms with Crippen LogP contribution in [-0.4, -0.2) is 6.29 Å². The third kappa shape index (κ3) is 7.41. The van der Waals surface area contributed by atoms with Crippen molar-refractivity contribution >= 4 is 6.29 Å². The Labute approximate surface area is 63.1 Å². The van der Waals surface area contributed by atoms with Crippen molar-refractivity contribution in [2.24, 2.45) is 0 Å². The second-order valence-electron chi connectivity index (χ2n) is 2.34. The van der Waals surface area contributed by atoms with E-state index in [1.54, 1.807) is 0 Å². The summed E-state index contributed by atoms with van der Waals surface area (Å²) in [6.45, 7) is 2.19. The van der Waals surface area contributed by atoms with Gasteiger partial charge >= 0.3 is 0 Å². The van der Waals surface area contributed by atoms with E-state index in [0.717, 1.165) is 6.42 Å². The van der Waals surface area contributed by atoms with Crippen molar-refractivity contribution in [1.82, 2.24) is 0 Å². The van der Waals surface area contributed by atoms with Crippen LogP contribution in [0.3, 0.4) is 0 Å². The molecule has 1 heteroatoms. The summed E-state index contributed by atoms with van der Waals surface area (Å²) >= 11 is 0. The molecule has 0 bridgehead atoms. The number of unbranched alkanes of at least 4 members (excludes halogenated alkanes) is 4. The Morgan fingerprint density at radius 3 is 2.70 bits per heavy atom. The molecule has 0 atom stereocenters. The second kappa shape index (κ2) is 8.41. The molecule has 1 nitrogen and oxygen atoms in total. The molecule has 10 heavy (non-hydrogen) atoms. The Balaban J connectivity index is 2.90. The first-order valence-electron chi connectivity index (χ1n) is 3.93. The zero-order valence-electron chi connectivity index (χ0n) is 6.60. The Morgan fingerprint density at radius 1 is 1.30 bits per heavy atom. The number of hydrogen-bond donors (Lipinski definition) is 0. The summed E-state index contributed by atoms with van der Waals surface area (Å²) < 4.78 is 0. The lowest BCUT2D eigenvalue weighted by molar-refractivity contribution is -0.104. The molecule has 0 aliphatic rings. The fourth-order valence-corrected chi connectivity index (χ4v) is 0.805. The van der Waals surface area contributed by atoms with Gasteiger partial charge in [0, 0.05) is 6.08 Å². The molecule has 0 aliphatic heterocycles. The van der Waals surface area contributed by atoms with E-state index in [9.17, 15) is 4.79 Å². The van der Waals surface area contributed by atoms with Crippen LogP contribution in [0.4, 0.5) is 0 Å². The van der Waals surface area contributed by atoms with E-state index in [1.807, 2.05) is 6.08 Å². The van der Waals surface area contributed by atoms with Crippen LogP contribution in [0.2, 0.25) is 0 Å². The largest absolute Gasteiger partial charge is 0.298 e. The van der Waals surface area contributed by atoms with Gasteiger partial charge in [-0.05, 0) is 12.8 Å². The van der Waals surface area contributed by atoms with Crippen LogP contribution < -0.4 is 0 Å². The van der Waals surface area contributed by atoms with Crippen molar-refractivity contribution in [2.45, 2.75) is 39.0 Å². The molecule has 0 aliphatic carbocycles. The van der Waals surface area contributed by atoms with Crippen LogP contribution in [0.25, 0.3) is 0 Å². The number of hydrogen-bond acceptors (Lipinski definition) is 1. The van der Waals surface area contributed by atoms with Crippen molar-refractivity contribution in [3.05, 3.63) is 12.2 Å². The van der Waals surface area contributed by atoms with E-state index < -0.39 is 0 Å². The number of aldehydes is 1. The average Bonchev–Trinajstić information content (AvgIpc) is 1.97. The topological polar surface area (TPSA) is 17.1 Å². The summed E-state index contributed by atoms with van der Waals surface area (Å²) in [7, 11) is 0. The molecule has 0 amide bonds. The van der Waals surface area contributed by atoms with Gasteiger partial charge in [0.25, 0.3) is 0 Å². The predicted octanol–water partition coefficient (Wildman–Crippen LogP) is 2.52. The van der Waals surface area contributed by atoms with Gasteiger partial charge in [-0.1, -0.05) is 32.3 Å². The van der Waals surface area contributed by atoms with Crippen LogP contribution in [0.5, 0.6) is 0 Å². The van der Waals surface area contributed by atoms with E-state index in [1.165, 1.54) is 25.7 Å². The van der Waals surface area contributed by atoms with Gasteiger partial charge in [0.1, 0.15) is 6.29 Å². The standard InChI is InChI=1S/C9H15O/c1-2-3-4-5-6-7-8-9-10/h7,9H,2-6H2,1H3. The smallest absolute Gasteiger partial charge is 0.150 e. The van der Waals surface area contributed by atoms with E-state index in [2.05, 4.69) is 13.0 Å². The summed E-state index contributed by atoms with van der Waals surface area (Å²) in [6.07, 6.45) is 11.1. The first-order valence-corrected chi connectivity index (χ1v) is 3.93. The highest BCUT2D eigenvalue weighted by atomic mass is 16.1. The van der Waals surface area contributed by atoms with Crippen molar-refractivity contribution in [1.29, 1.82) is 0 Å². The highest BCUT2D eigenvalue weighted by Gasteiger charge is 1.83. The zero-order chi connectivity index (χ0) is 7.66. The van der Waals surface area contributed by atoms with Crippen LogP contribution in [-0.2, 0) is 4.79 Å². The molecule has 0 spiro atoms. The molecule has 0 aromatic heterocycles. The maximum atomic E-state index is 9.75. The lowest BCUT2D eigenvalue weighted by atomic mass is 10.1. The molecule has 0 aromatic rings. The van der Waals surface area contributed by atoms with E-state index >= 15 is 0 Å². The quantitative estimate of drug-likeness (QED) is 0.314. The third-order valence-corrected chi connectivity index (χ3v) is 1.39. The minimum Gasteiger partial charge on any atom is -0.298 e. The van der Waals surface area contributed by atoms with E-state index in [-0.39, 0.29) is 0 Å². The van der Waals surface area contributed by atoms with Crippen molar-refractivity contribution in [3.63, 3.8) is 0 Å². The Bertz CT molecular complexity index is 94.9. The van der Waals surface area contributed by atoms with Crippen LogP contribution in [0, 0.1) is 6.08 Å². The summed E-state index contributed by atoms with van der Waals surface area (Å²) in [4.78, 5) is 9.75. The molecule has 0 unspecified atom stereocenters. The number of allylic oxidation sites excluding steroid dienone is 2. The van der Waals surface area contributed by atoms with Gasteiger partial charge in [-0.3, -0.25) is 4.79 Å². The zero-order valence-corrected chi connectivity index (χ0v) is 6.60. The molecule has 57 valence electrons. The Kier molecular flexibility index (Phi) is 7.91. The van der Waals surface area contributed by atoms with E-state index in [4.69, 9.17) is 0 Å². The summed E-state index contributed by atoms with van der Waals surface area (Å²) in [5.41, 5.74) is 0. The van der Waals surface area contributed by atoms with Crippen LogP contribution >= 0.6 is 0 Å². The van der Waals surface area contributed by atoms with Gasteiger partial charge in [0.15, 0.2) is 0 Å². The maximum Gasteiger partial charge on any atom is 0.150 e. The number of rotatable bonds is 6. The average molecular weight is 139 g/mol. The molecule has 0 rings (SSSR count). The van der Waals surface area contributed by atoms with Crippen LogP contribution in [0.15, 0.2) is 6.08 Å². The minimum absolute atomic E-state index is 0.708. The normalized spacial score (nSPS) is 10.5. The summed E-state index contributed by atoms with van der Waals surface area (Å²) in [5.74, 6) is 0. The number of carbonyl (C=O) groups is 1. The van der Waals surface area contributed by atoms with Gasteiger partial charge in [-0.2, -0.15) is 0 Å². The van der Waals surface area contributed by atoms with Gasteiger partial charge in [-0.25, -0.2) is 0 Å². The molecular formula is C9H15O. The maximum absolute atomic E-state index is 9.75. The molecule has 0 N–H and O–H groups in total. The second-order valence-corrected chi connectivity index (χ2v) is 2.34. The minimum atomic E-state index is 0.708. The molecule has 0 saturated carbocycles. The molecule has 0 aromatic carbocycles. The van der Waals surface area contributed by atoms with Gasteiger partial charge in [0.05, 0.1) is 0 Å². The fraction of sp³-hybridized carbons (Fsp3) is 0.667. The highest BCUT2D eigenvalue weighted by molar-refractivity contribution is 5.59. The predicted molar refractivity (Wildman–Crippen MR) is 42.6 cm³/mol.